The van der Waals surface area contributed by atoms with Gasteiger partial charge in [-0.25, -0.2) is 8.42 Å². The Morgan fingerprint density at radius 2 is 1.50 bits per heavy atom. The molecule has 0 aromatic heterocycles. The zero-order valence-corrected chi connectivity index (χ0v) is 22.4. The molecule has 0 saturated carbocycles. The van der Waals surface area contributed by atoms with Crippen LogP contribution in [0.25, 0.3) is 0 Å². The Morgan fingerprint density at radius 3 is 2.05 bits per heavy atom. The van der Waals surface area contributed by atoms with Gasteiger partial charge in [0, 0.05) is 19.6 Å². The largest absolute Gasteiger partial charge is 0.497 e. The fourth-order valence-corrected chi connectivity index (χ4v) is 4.68. The quantitative estimate of drug-likeness (QED) is 0.338. The van der Waals surface area contributed by atoms with Crippen LogP contribution in [0.1, 0.15) is 22.7 Å². The number of benzene rings is 3. The van der Waals surface area contributed by atoms with Crippen molar-refractivity contribution in [3.05, 3.63) is 114 Å². The minimum absolute atomic E-state index is 0.0282. The van der Waals surface area contributed by atoms with Crippen LogP contribution in [0.3, 0.4) is 0 Å². The van der Waals surface area contributed by atoms with Gasteiger partial charge in [0.05, 0.1) is 19.9 Å². The third-order valence-electron chi connectivity index (χ3n) is 5.91. The van der Waals surface area contributed by atoms with E-state index < -0.39 is 34.4 Å². The zero-order chi connectivity index (χ0) is 27.5. The van der Waals surface area contributed by atoms with Gasteiger partial charge in [-0.05, 0) is 28.8 Å². The molecule has 0 heterocycles. The molecule has 0 fully saturated rings. The SMILES string of the molecule is C=CCNC(=O)C(c1ccccc1)N(Cc1ccc(OC)cc1)C(=O)CN(Cc1ccccc1)S(C)(=O)=O. The first-order valence-electron chi connectivity index (χ1n) is 12.1. The fraction of sp³-hybridized carbons (Fsp3) is 0.241. The molecule has 0 aliphatic heterocycles. The van der Waals surface area contributed by atoms with Gasteiger partial charge in [0.25, 0.3) is 0 Å². The second-order valence-corrected chi connectivity index (χ2v) is 10.7. The van der Waals surface area contributed by atoms with E-state index in [1.54, 1.807) is 73.8 Å². The van der Waals surface area contributed by atoms with Gasteiger partial charge in [0.2, 0.25) is 21.8 Å². The number of amides is 2. The normalized spacial score (nSPS) is 12.0. The van der Waals surface area contributed by atoms with Crippen LogP contribution in [0.5, 0.6) is 5.75 Å². The molecule has 200 valence electrons. The van der Waals surface area contributed by atoms with E-state index in [4.69, 9.17) is 4.74 Å². The van der Waals surface area contributed by atoms with Crippen molar-refractivity contribution in [2.45, 2.75) is 19.1 Å². The van der Waals surface area contributed by atoms with Crippen molar-refractivity contribution in [2.75, 3.05) is 26.5 Å². The minimum atomic E-state index is -3.74. The topological polar surface area (TPSA) is 96.0 Å². The van der Waals surface area contributed by atoms with Crippen LogP contribution in [0.2, 0.25) is 0 Å². The summed E-state index contributed by atoms with van der Waals surface area (Å²) >= 11 is 0. The molecule has 3 aromatic rings. The monoisotopic (exact) mass is 535 g/mol. The number of methoxy groups -OCH3 is 1. The molecule has 9 heteroatoms. The maximum Gasteiger partial charge on any atom is 0.247 e. The molecule has 1 atom stereocenters. The van der Waals surface area contributed by atoms with Gasteiger partial charge >= 0.3 is 0 Å². The van der Waals surface area contributed by atoms with Crippen LogP contribution >= 0.6 is 0 Å². The standard InChI is InChI=1S/C29H33N3O5S/c1-4-19-30-29(34)28(25-13-9-6-10-14-25)32(21-24-15-17-26(37-2)18-16-24)27(33)22-31(38(3,35)36)20-23-11-7-5-8-12-23/h4-18,28H,1,19-22H2,2-3H3,(H,30,34). The van der Waals surface area contributed by atoms with Crippen LogP contribution in [-0.2, 0) is 32.7 Å². The van der Waals surface area contributed by atoms with Crippen molar-refractivity contribution < 1.29 is 22.7 Å². The van der Waals surface area contributed by atoms with Gasteiger partial charge in [-0.1, -0.05) is 78.9 Å². The predicted molar refractivity (Wildman–Crippen MR) is 148 cm³/mol. The van der Waals surface area contributed by atoms with Gasteiger partial charge in [-0.3, -0.25) is 9.59 Å². The number of nitrogens with zero attached hydrogens (tertiary/aromatic N) is 2. The molecule has 0 saturated heterocycles. The van der Waals surface area contributed by atoms with E-state index in [-0.39, 0.29) is 19.6 Å². The summed E-state index contributed by atoms with van der Waals surface area (Å²) < 4.78 is 31.7. The molecule has 38 heavy (non-hydrogen) atoms. The second kappa shape index (κ2) is 13.6. The third kappa shape index (κ3) is 8.03. The predicted octanol–water partition coefficient (Wildman–Crippen LogP) is 3.53. The van der Waals surface area contributed by atoms with E-state index in [0.29, 0.717) is 11.3 Å². The fourth-order valence-electron chi connectivity index (χ4n) is 3.95. The molecule has 0 spiro atoms. The number of carbonyl (C=O) groups excluding carboxylic acids is 2. The third-order valence-corrected chi connectivity index (χ3v) is 7.11. The summed E-state index contributed by atoms with van der Waals surface area (Å²) in [6, 6.07) is 24.1. The van der Waals surface area contributed by atoms with E-state index in [0.717, 1.165) is 21.7 Å². The molecular formula is C29H33N3O5S. The number of sulfonamides is 1. The Balaban J connectivity index is 2.01. The first kappa shape index (κ1) is 28.6. The summed E-state index contributed by atoms with van der Waals surface area (Å²) in [7, 11) is -2.18. The summed E-state index contributed by atoms with van der Waals surface area (Å²) in [6.07, 6.45) is 2.63. The van der Waals surface area contributed by atoms with Crippen LogP contribution < -0.4 is 10.1 Å². The highest BCUT2D eigenvalue weighted by atomic mass is 32.2. The summed E-state index contributed by atoms with van der Waals surface area (Å²) in [6.45, 7) is 3.55. The Bertz CT molecular complexity index is 1310. The number of nitrogens with one attached hydrogen (secondary N) is 1. The zero-order valence-electron chi connectivity index (χ0n) is 21.6. The smallest absolute Gasteiger partial charge is 0.247 e. The lowest BCUT2D eigenvalue weighted by molar-refractivity contribution is -0.141. The lowest BCUT2D eigenvalue weighted by Crippen LogP contribution is -2.47. The molecule has 1 unspecified atom stereocenters. The van der Waals surface area contributed by atoms with Crippen molar-refractivity contribution in [3.8, 4) is 5.75 Å². The van der Waals surface area contributed by atoms with Gasteiger partial charge in [0.1, 0.15) is 11.8 Å². The first-order valence-corrected chi connectivity index (χ1v) is 13.9. The lowest BCUT2D eigenvalue weighted by atomic mass is 10.0. The van der Waals surface area contributed by atoms with Crippen LogP contribution in [-0.4, -0.2) is 55.9 Å². The summed E-state index contributed by atoms with van der Waals surface area (Å²) in [4.78, 5) is 28.7. The Morgan fingerprint density at radius 1 is 0.921 bits per heavy atom. The molecule has 0 bridgehead atoms. The van der Waals surface area contributed by atoms with Crippen LogP contribution in [0.15, 0.2) is 97.6 Å². The average Bonchev–Trinajstić information content (AvgIpc) is 2.92. The van der Waals surface area contributed by atoms with Gasteiger partial charge in [-0.15, -0.1) is 6.58 Å². The van der Waals surface area contributed by atoms with Gasteiger partial charge in [0.15, 0.2) is 0 Å². The van der Waals surface area contributed by atoms with Crippen molar-refractivity contribution in [2.24, 2.45) is 0 Å². The van der Waals surface area contributed by atoms with E-state index in [2.05, 4.69) is 11.9 Å². The number of rotatable bonds is 13. The van der Waals surface area contributed by atoms with E-state index in [1.165, 1.54) is 4.90 Å². The average molecular weight is 536 g/mol. The minimum Gasteiger partial charge on any atom is -0.497 e. The highest BCUT2D eigenvalue weighted by Gasteiger charge is 2.33. The summed E-state index contributed by atoms with van der Waals surface area (Å²) in [5, 5.41) is 2.79. The molecule has 8 nitrogen and oxygen atoms in total. The van der Waals surface area contributed by atoms with Gasteiger partial charge in [-0.2, -0.15) is 4.31 Å². The van der Waals surface area contributed by atoms with Crippen molar-refractivity contribution in [3.63, 3.8) is 0 Å². The molecule has 1 N–H and O–H groups in total. The van der Waals surface area contributed by atoms with Crippen LogP contribution in [0, 0.1) is 0 Å². The highest BCUT2D eigenvalue weighted by molar-refractivity contribution is 7.88. The Hall–Kier alpha value is -3.95. The molecule has 0 aliphatic rings. The van der Waals surface area contributed by atoms with Crippen molar-refractivity contribution >= 4 is 21.8 Å². The second-order valence-electron chi connectivity index (χ2n) is 8.73. The maximum absolute atomic E-state index is 13.9. The van der Waals surface area contributed by atoms with Crippen LogP contribution in [0.4, 0.5) is 0 Å². The van der Waals surface area contributed by atoms with Crippen molar-refractivity contribution in [1.82, 2.24) is 14.5 Å². The summed E-state index contributed by atoms with van der Waals surface area (Å²) in [5.74, 6) is -0.252. The molecule has 3 aromatic carbocycles. The maximum atomic E-state index is 13.9. The van der Waals surface area contributed by atoms with Crippen molar-refractivity contribution in [1.29, 1.82) is 0 Å². The first-order chi connectivity index (χ1) is 18.2. The summed E-state index contributed by atoms with van der Waals surface area (Å²) in [5.41, 5.74) is 2.10. The molecular weight excluding hydrogens is 502 g/mol. The number of carbonyl (C=O) groups is 2. The Labute approximate surface area is 224 Å². The molecule has 2 amide bonds. The lowest BCUT2D eigenvalue weighted by Gasteiger charge is -2.33. The Kier molecular flexibility index (Phi) is 10.2. The van der Waals surface area contributed by atoms with E-state index >= 15 is 0 Å². The number of ether oxygens (including phenoxy) is 1. The molecule has 0 aliphatic carbocycles. The molecule has 0 radical (unpaired) electrons. The molecule has 3 rings (SSSR count). The number of hydrogen-bond donors (Lipinski definition) is 1. The van der Waals surface area contributed by atoms with E-state index in [1.807, 2.05) is 24.3 Å². The highest BCUT2D eigenvalue weighted by Crippen LogP contribution is 2.25. The van der Waals surface area contributed by atoms with Gasteiger partial charge < -0.3 is 15.0 Å². The number of hydrogen-bond acceptors (Lipinski definition) is 5. The van der Waals surface area contributed by atoms with E-state index in [9.17, 15) is 18.0 Å².